The minimum Gasteiger partial charge on any atom is -0.496 e. The van der Waals surface area contributed by atoms with Crippen molar-refractivity contribution in [3.63, 3.8) is 0 Å². The van der Waals surface area contributed by atoms with E-state index in [9.17, 15) is 0 Å². The summed E-state index contributed by atoms with van der Waals surface area (Å²) in [5, 5.41) is 3.80. The number of halogens is 1. The molecule has 0 saturated heterocycles. The summed E-state index contributed by atoms with van der Waals surface area (Å²) in [7, 11) is 1.60. The van der Waals surface area contributed by atoms with E-state index < -0.39 is 6.04 Å². The van der Waals surface area contributed by atoms with E-state index in [1.807, 2.05) is 24.3 Å². The van der Waals surface area contributed by atoms with Crippen LogP contribution >= 0.6 is 12.4 Å². The first-order valence-electron chi connectivity index (χ1n) is 4.91. The number of ether oxygens (including phenoxy) is 1. The van der Waals surface area contributed by atoms with Crippen LogP contribution < -0.4 is 10.5 Å². The van der Waals surface area contributed by atoms with Gasteiger partial charge in [0, 0.05) is 12.5 Å². The number of benzene rings is 1. The van der Waals surface area contributed by atoms with Crippen LogP contribution in [0.4, 0.5) is 0 Å². The highest BCUT2D eigenvalue weighted by atomic mass is 35.5. The van der Waals surface area contributed by atoms with Gasteiger partial charge < -0.3 is 15.0 Å². The molecule has 0 aliphatic carbocycles. The Morgan fingerprint density at radius 3 is 2.65 bits per heavy atom. The maximum atomic E-state index is 6.04. The van der Waals surface area contributed by atoms with Gasteiger partial charge in [0.2, 0.25) is 5.89 Å². The largest absolute Gasteiger partial charge is 0.496 e. The third-order valence-electron chi connectivity index (χ3n) is 2.30. The molecule has 0 radical (unpaired) electrons. The van der Waals surface area contributed by atoms with Gasteiger partial charge in [-0.3, -0.25) is 0 Å². The molecule has 2 aromatic rings. The van der Waals surface area contributed by atoms with Crippen LogP contribution in [0.15, 0.2) is 28.8 Å². The molecule has 0 spiro atoms. The third kappa shape index (κ3) is 2.75. The van der Waals surface area contributed by atoms with Gasteiger partial charge in [0.1, 0.15) is 5.75 Å². The fourth-order valence-corrected chi connectivity index (χ4v) is 1.50. The van der Waals surface area contributed by atoms with E-state index in [2.05, 4.69) is 10.1 Å². The van der Waals surface area contributed by atoms with Gasteiger partial charge in [-0.25, -0.2) is 0 Å². The maximum absolute atomic E-state index is 6.04. The van der Waals surface area contributed by atoms with Crippen LogP contribution in [0.1, 0.15) is 23.3 Å². The number of methoxy groups -OCH3 is 1. The van der Waals surface area contributed by atoms with E-state index in [0.29, 0.717) is 11.7 Å². The number of nitrogens with zero attached hydrogens (tertiary/aromatic N) is 2. The fourth-order valence-electron chi connectivity index (χ4n) is 1.50. The highest BCUT2D eigenvalue weighted by Gasteiger charge is 2.18. The molecule has 1 atom stereocenters. The van der Waals surface area contributed by atoms with Crippen molar-refractivity contribution in [1.29, 1.82) is 0 Å². The van der Waals surface area contributed by atoms with Gasteiger partial charge >= 0.3 is 0 Å². The van der Waals surface area contributed by atoms with Crippen LogP contribution in [0.5, 0.6) is 5.75 Å². The smallest absolute Gasteiger partial charge is 0.223 e. The highest BCUT2D eigenvalue weighted by Crippen LogP contribution is 2.26. The lowest BCUT2D eigenvalue weighted by Crippen LogP contribution is -2.14. The number of nitrogens with two attached hydrogens (primary N) is 1. The monoisotopic (exact) mass is 255 g/mol. The minimum absolute atomic E-state index is 0. The van der Waals surface area contributed by atoms with Crippen LogP contribution in [0.25, 0.3) is 0 Å². The molecule has 5 nitrogen and oxygen atoms in total. The van der Waals surface area contributed by atoms with Crippen molar-refractivity contribution in [1.82, 2.24) is 10.1 Å². The lowest BCUT2D eigenvalue weighted by atomic mass is 10.1. The lowest BCUT2D eigenvalue weighted by Gasteiger charge is -2.11. The molecule has 1 heterocycles. The summed E-state index contributed by atoms with van der Waals surface area (Å²) in [5.74, 6) is 1.68. The molecule has 1 unspecified atom stereocenters. The Hall–Kier alpha value is -1.59. The molecule has 0 bridgehead atoms. The first kappa shape index (κ1) is 13.5. The summed E-state index contributed by atoms with van der Waals surface area (Å²) in [6.07, 6.45) is 0. The van der Waals surface area contributed by atoms with E-state index >= 15 is 0 Å². The lowest BCUT2D eigenvalue weighted by molar-refractivity contribution is 0.383. The van der Waals surface area contributed by atoms with E-state index in [0.717, 1.165) is 11.3 Å². The van der Waals surface area contributed by atoms with E-state index in [-0.39, 0.29) is 12.4 Å². The van der Waals surface area contributed by atoms with Crippen LogP contribution in [-0.2, 0) is 0 Å². The van der Waals surface area contributed by atoms with Gasteiger partial charge in [-0.1, -0.05) is 23.4 Å². The Balaban J connectivity index is 0.00000144. The molecular formula is C11H14ClN3O2. The molecule has 2 rings (SSSR count). The molecular weight excluding hydrogens is 242 g/mol. The Kier molecular flexibility index (Phi) is 4.48. The Morgan fingerprint density at radius 1 is 1.35 bits per heavy atom. The maximum Gasteiger partial charge on any atom is 0.223 e. The summed E-state index contributed by atoms with van der Waals surface area (Å²) in [6, 6.07) is 7.08. The number of para-hydroxylation sites is 1. The minimum atomic E-state index is -0.436. The van der Waals surface area contributed by atoms with Crippen molar-refractivity contribution in [2.75, 3.05) is 7.11 Å². The van der Waals surface area contributed by atoms with Crippen LogP contribution in [0.2, 0.25) is 0 Å². The Bertz CT molecular complexity index is 487. The van der Waals surface area contributed by atoms with Crippen molar-refractivity contribution in [3.05, 3.63) is 41.5 Å². The molecule has 17 heavy (non-hydrogen) atoms. The summed E-state index contributed by atoms with van der Waals surface area (Å²) < 4.78 is 10.1. The first-order chi connectivity index (χ1) is 7.72. The number of hydrogen-bond donors (Lipinski definition) is 1. The molecule has 0 amide bonds. The number of aromatic nitrogens is 2. The Morgan fingerprint density at radius 2 is 2.06 bits per heavy atom. The molecule has 2 N–H and O–H groups in total. The molecule has 0 saturated carbocycles. The molecule has 1 aromatic heterocycles. The summed E-state index contributed by atoms with van der Waals surface area (Å²) in [4.78, 5) is 4.10. The topological polar surface area (TPSA) is 74.2 Å². The second-order valence-corrected chi connectivity index (χ2v) is 3.39. The second-order valence-electron chi connectivity index (χ2n) is 3.39. The van der Waals surface area contributed by atoms with Crippen molar-refractivity contribution < 1.29 is 9.26 Å². The number of rotatable bonds is 3. The van der Waals surface area contributed by atoms with Gasteiger partial charge in [-0.15, -0.1) is 12.4 Å². The van der Waals surface area contributed by atoms with Gasteiger partial charge in [-0.2, -0.15) is 4.98 Å². The highest BCUT2D eigenvalue weighted by molar-refractivity contribution is 5.85. The average molecular weight is 256 g/mol. The molecule has 1 aromatic carbocycles. The molecule has 0 aliphatic heterocycles. The zero-order valence-electron chi connectivity index (χ0n) is 9.58. The van der Waals surface area contributed by atoms with Crippen molar-refractivity contribution in [2.24, 2.45) is 5.73 Å². The second kappa shape index (κ2) is 5.65. The van der Waals surface area contributed by atoms with E-state index in [4.69, 9.17) is 15.0 Å². The van der Waals surface area contributed by atoms with Crippen molar-refractivity contribution >= 4 is 12.4 Å². The molecule has 6 heteroatoms. The molecule has 0 aliphatic rings. The molecule has 92 valence electrons. The Labute approximate surface area is 105 Å². The predicted octanol–water partition coefficient (Wildman–Crippen LogP) is 1.86. The van der Waals surface area contributed by atoms with Gasteiger partial charge in [0.25, 0.3) is 0 Å². The summed E-state index contributed by atoms with van der Waals surface area (Å²) in [6.45, 7) is 1.73. The number of hydrogen-bond acceptors (Lipinski definition) is 5. The van der Waals surface area contributed by atoms with Gasteiger partial charge in [0.05, 0.1) is 13.2 Å². The SMILES string of the molecule is COc1ccccc1C(N)c1noc(C)n1.Cl. The zero-order chi connectivity index (χ0) is 11.5. The first-order valence-corrected chi connectivity index (χ1v) is 4.91. The van der Waals surface area contributed by atoms with Crippen LogP contribution in [0, 0.1) is 6.92 Å². The fraction of sp³-hybridized carbons (Fsp3) is 0.273. The zero-order valence-corrected chi connectivity index (χ0v) is 10.4. The quantitative estimate of drug-likeness (QED) is 0.906. The molecule has 0 fully saturated rings. The summed E-state index contributed by atoms with van der Waals surface area (Å²) in [5.41, 5.74) is 6.88. The van der Waals surface area contributed by atoms with Crippen molar-refractivity contribution in [3.8, 4) is 5.75 Å². The van der Waals surface area contributed by atoms with E-state index in [1.165, 1.54) is 0 Å². The van der Waals surface area contributed by atoms with Gasteiger partial charge in [0.15, 0.2) is 5.82 Å². The number of aryl methyl sites for hydroxylation is 1. The van der Waals surface area contributed by atoms with Gasteiger partial charge in [-0.05, 0) is 6.07 Å². The average Bonchev–Trinajstić information content (AvgIpc) is 2.75. The predicted molar refractivity (Wildman–Crippen MR) is 65.3 cm³/mol. The van der Waals surface area contributed by atoms with Crippen LogP contribution in [0.3, 0.4) is 0 Å². The third-order valence-corrected chi connectivity index (χ3v) is 2.30. The van der Waals surface area contributed by atoms with Crippen molar-refractivity contribution in [2.45, 2.75) is 13.0 Å². The standard InChI is InChI=1S/C11H13N3O2.ClH/c1-7-13-11(14-16-7)10(12)8-5-3-4-6-9(8)15-2;/h3-6,10H,12H2,1-2H3;1H. The normalized spacial score (nSPS) is 11.7. The van der Waals surface area contributed by atoms with E-state index in [1.54, 1.807) is 14.0 Å². The summed E-state index contributed by atoms with van der Waals surface area (Å²) >= 11 is 0. The van der Waals surface area contributed by atoms with Crippen LogP contribution in [-0.4, -0.2) is 17.3 Å².